The number of hydrogen-bond acceptors (Lipinski definition) is 1. The molecular weight excluding hydrogens is 353 g/mol. The van der Waals surface area contributed by atoms with Crippen LogP contribution in [0.3, 0.4) is 0 Å². The van der Waals surface area contributed by atoms with E-state index in [0.29, 0.717) is 11.1 Å². The average molecular weight is 361 g/mol. The second-order valence-electron chi connectivity index (χ2n) is 3.47. The van der Waals surface area contributed by atoms with Gasteiger partial charge in [-0.05, 0) is 52.9 Å². The Morgan fingerprint density at radius 1 is 1.12 bits per heavy atom. The highest BCUT2D eigenvalue weighted by Crippen LogP contribution is 2.19. The molecule has 0 atom stereocenters. The molecule has 17 heavy (non-hydrogen) atoms. The van der Waals surface area contributed by atoms with Crippen LogP contribution in [0.1, 0.15) is 15.9 Å². The molecule has 2 aromatic carbocycles. The Labute approximate surface area is 117 Å². The molecule has 2 aromatic rings. The van der Waals surface area contributed by atoms with E-state index in [1.54, 1.807) is 18.2 Å². The molecule has 0 aliphatic heterocycles. The molecule has 4 heteroatoms. The van der Waals surface area contributed by atoms with E-state index in [2.05, 4.69) is 22.6 Å². The molecule has 0 heterocycles. The Bertz CT molecular complexity index is 583. The lowest BCUT2D eigenvalue weighted by molar-refractivity contribution is 0.103. The first kappa shape index (κ1) is 12.5. The standard InChI is InChI=1S/C13H7ClFIO/c14-11-7-9(4-5-12(11)15)13(17)8-2-1-3-10(16)6-8/h1-7H. The molecule has 0 saturated heterocycles. The lowest BCUT2D eigenvalue weighted by atomic mass is 10.0. The maximum absolute atomic E-state index is 13.0. The second-order valence-corrected chi connectivity index (χ2v) is 5.12. The molecular formula is C13H7ClFIO. The van der Waals surface area contributed by atoms with Crippen LogP contribution in [0.5, 0.6) is 0 Å². The summed E-state index contributed by atoms with van der Waals surface area (Å²) in [5.74, 6) is -0.684. The van der Waals surface area contributed by atoms with Crippen molar-refractivity contribution in [1.29, 1.82) is 0 Å². The minimum atomic E-state index is -0.522. The van der Waals surface area contributed by atoms with Crippen molar-refractivity contribution >= 4 is 40.0 Å². The molecule has 0 aliphatic rings. The molecule has 1 nitrogen and oxygen atoms in total. The number of ketones is 1. The van der Waals surface area contributed by atoms with Gasteiger partial charge >= 0.3 is 0 Å². The van der Waals surface area contributed by atoms with Crippen LogP contribution in [0.4, 0.5) is 4.39 Å². The molecule has 0 fully saturated rings. The van der Waals surface area contributed by atoms with Gasteiger partial charge in [-0.1, -0.05) is 23.7 Å². The second kappa shape index (κ2) is 5.14. The maximum Gasteiger partial charge on any atom is 0.193 e. The van der Waals surface area contributed by atoms with E-state index in [0.717, 1.165) is 3.57 Å². The zero-order chi connectivity index (χ0) is 12.4. The third kappa shape index (κ3) is 2.84. The van der Waals surface area contributed by atoms with Crippen molar-refractivity contribution in [2.75, 3.05) is 0 Å². The summed E-state index contributed by atoms with van der Waals surface area (Å²) in [5, 5.41) is -0.0403. The Balaban J connectivity index is 2.40. The van der Waals surface area contributed by atoms with Gasteiger partial charge < -0.3 is 0 Å². The summed E-state index contributed by atoms with van der Waals surface area (Å²) in [6, 6.07) is 11.2. The highest BCUT2D eigenvalue weighted by Gasteiger charge is 2.11. The molecule has 0 amide bonds. The van der Waals surface area contributed by atoms with E-state index in [9.17, 15) is 9.18 Å². The molecule has 0 radical (unpaired) electrons. The molecule has 0 aliphatic carbocycles. The van der Waals surface area contributed by atoms with Crippen molar-refractivity contribution in [2.24, 2.45) is 0 Å². The minimum Gasteiger partial charge on any atom is -0.289 e. The average Bonchev–Trinajstić information content (AvgIpc) is 2.32. The van der Waals surface area contributed by atoms with Gasteiger partial charge in [-0.15, -0.1) is 0 Å². The van der Waals surface area contributed by atoms with Crippen LogP contribution < -0.4 is 0 Å². The minimum absolute atomic E-state index is 0.0403. The van der Waals surface area contributed by atoms with Crippen LogP contribution >= 0.6 is 34.2 Å². The van der Waals surface area contributed by atoms with Crippen molar-refractivity contribution in [3.05, 3.63) is 68.0 Å². The maximum atomic E-state index is 13.0. The van der Waals surface area contributed by atoms with E-state index >= 15 is 0 Å². The SMILES string of the molecule is O=C(c1cccc(I)c1)c1ccc(F)c(Cl)c1. The van der Waals surface area contributed by atoms with Crippen LogP contribution in [0.2, 0.25) is 5.02 Å². The Hall–Kier alpha value is -0.940. The van der Waals surface area contributed by atoms with E-state index in [1.807, 2.05) is 6.07 Å². The quantitative estimate of drug-likeness (QED) is 0.576. The summed E-state index contributed by atoms with van der Waals surface area (Å²) >= 11 is 7.78. The number of rotatable bonds is 2. The summed E-state index contributed by atoms with van der Waals surface area (Å²) < 4.78 is 14.0. The zero-order valence-electron chi connectivity index (χ0n) is 8.58. The Kier molecular flexibility index (Phi) is 3.79. The van der Waals surface area contributed by atoms with Gasteiger partial charge in [0.2, 0.25) is 0 Å². The number of carbonyl (C=O) groups excluding carboxylic acids is 1. The Morgan fingerprint density at radius 2 is 1.82 bits per heavy atom. The summed E-state index contributed by atoms with van der Waals surface area (Å²) in [4.78, 5) is 12.1. The third-order valence-electron chi connectivity index (χ3n) is 2.27. The van der Waals surface area contributed by atoms with Gasteiger partial charge in [0, 0.05) is 14.7 Å². The molecule has 86 valence electrons. The summed E-state index contributed by atoms with van der Waals surface area (Å²) in [6.07, 6.45) is 0. The van der Waals surface area contributed by atoms with Crippen LogP contribution in [-0.4, -0.2) is 5.78 Å². The van der Waals surface area contributed by atoms with Crippen LogP contribution in [0, 0.1) is 9.39 Å². The van der Waals surface area contributed by atoms with Crippen molar-refractivity contribution in [3.63, 3.8) is 0 Å². The zero-order valence-corrected chi connectivity index (χ0v) is 11.5. The predicted molar refractivity (Wildman–Crippen MR) is 74.0 cm³/mol. The summed E-state index contributed by atoms with van der Waals surface area (Å²) in [7, 11) is 0. The third-order valence-corrected chi connectivity index (χ3v) is 3.23. The van der Waals surface area contributed by atoms with Gasteiger partial charge in [-0.2, -0.15) is 0 Å². The Morgan fingerprint density at radius 3 is 2.47 bits per heavy atom. The fraction of sp³-hybridized carbons (Fsp3) is 0. The number of carbonyl (C=O) groups is 1. The van der Waals surface area contributed by atoms with E-state index in [1.165, 1.54) is 18.2 Å². The molecule has 0 unspecified atom stereocenters. The fourth-order valence-electron chi connectivity index (χ4n) is 1.43. The summed E-state index contributed by atoms with van der Waals surface area (Å²) in [5.41, 5.74) is 0.956. The molecule has 0 bridgehead atoms. The van der Waals surface area contributed by atoms with Gasteiger partial charge in [0.1, 0.15) is 5.82 Å². The monoisotopic (exact) mass is 360 g/mol. The number of halogens is 3. The van der Waals surface area contributed by atoms with Crippen molar-refractivity contribution in [1.82, 2.24) is 0 Å². The van der Waals surface area contributed by atoms with Gasteiger partial charge in [-0.3, -0.25) is 4.79 Å². The van der Waals surface area contributed by atoms with Crippen molar-refractivity contribution in [3.8, 4) is 0 Å². The van der Waals surface area contributed by atoms with E-state index in [-0.39, 0.29) is 10.8 Å². The smallest absolute Gasteiger partial charge is 0.193 e. The van der Waals surface area contributed by atoms with Crippen LogP contribution in [0.25, 0.3) is 0 Å². The first-order valence-electron chi connectivity index (χ1n) is 4.83. The lowest BCUT2D eigenvalue weighted by Crippen LogP contribution is -2.01. The first-order valence-corrected chi connectivity index (χ1v) is 6.29. The highest BCUT2D eigenvalue weighted by atomic mass is 127. The largest absolute Gasteiger partial charge is 0.289 e. The van der Waals surface area contributed by atoms with Gasteiger partial charge in [0.05, 0.1) is 5.02 Å². The summed E-state index contributed by atoms with van der Waals surface area (Å²) in [6.45, 7) is 0. The normalized spacial score (nSPS) is 10.3. The van der Waals surface area contributed by atoms with Crippen molar-refractivity contribution < 1.29 is 9.18 Å². The van der Waals surface area contributed by atoms with Gasteiger partial charge in [0.25, 0.3) is 0 Å². The number of benzene rings is 2. The van der Waals surface area contributed by atoms with Crippen LogP contribution in [0.15, 0.2) is 42.5 Å². The topological polar surface area (TPSA) is 17.1 Å². The first-order chi connectivity index (χ1) is 8.08. The van der Waals surface area contributed by atoms with Gasteiger partial charge in [-0.25, -0.2) is 4.39 Å². The predicted octanol–water partition coefficient (Wildman–Crippen LogP) is 4.31. The lowest BCUT2D eigenvalue weighted by Gasteiger charge is -2.03. The molecule has 2 rings (SSSR count). The number of hydrogen-bond donors (Lipinski definition) is 0. The van der Waals surface area contributed by atoms with E-state index in [4.69, 9.17) is 11.6 Å². The molecule has 0 saturated carbocycles. The van der Waals surface area contributed by atoms with Crippen molar-refractivity contribution in [2.45, 2.75) is 0 Å². The molecule has 0 aromatic heterocycles. The fourth-order valence-corrected chi connectivity index (χ4v) is 2.16. The van der Waals surface area contributed by atoms with E-state index < -0.39 is 5.82 Å². The molecule has 0 N–H and O–H groups in total. The highest BCUT2D eigenvalue weighted by molar-refractivity contribution is 14.1. The van der Waals surface area contributed by atoms with Gasteiger partial charge in [0.15, 0.2) is 5.78 Å². The molecule has 0 spiro atoms. The van der Waals surface area contributed by atoms with Crippen LogP contribution in [-0.2, 0) is 0 Å².